The summed E-state index contributed by atoms with van der Waals surface area (Å²) in [5.41, 5.74) is 5.25. The molecule has 0 saturated heterocycles. The third kappa shape index (κ3) is 3.36. The standard InChI is InChI=1S/C25H22ClNS/c26-23-12-5-4-9-21(23)25-20-11-6-10-19(20)22-15-17(13-14-24(22)27-25)16-28-18-7-2-1-3-8-18/h1-10,12-15,19-20,25,27H,11,16H2/t19-,20-,25+/m0/s1. The average molecular weight is 404 g/mol. The molecule has 0 fully saturated rings. The maximum absolute atomic E-state index is 6.54. The molecule has 3 aromatic rings. The molecule has 1 nitrogen and oxygen atoms in total. The van der Waals surface area contributed by atoms with Crippen molar-refractivity contribution in [1.29, 1.82) is 0 Å². The summed E-state index contributed by atoms with van der Waals surface area (Å²) in [4.78, 5) is 1.32. The second-order valence-corrected chi connectivity index (χ2v) is 8.98. The van der Waals surface area contributed by atoms with E-state index in [-0.39, 0.29) is 6.04 Å². The van der Waals surface area contributed by atoms with Crippen LogP contribution in [-0.4, -0.2) is 0 Å². The molecule has 28 heavy (non-hydrogen) atoms. The van der Waals surface area contributed by atoms with Crippen molar-refractivity contribution in [1.82, 2.24) is 0 Å². The highest BCUT2D eigenvalue weighted by atomic mass is 35.5. The van der Waals surface area contributed by atoms with Crippen molar-refractivity contribution in [3.63, 3.8) is 0 Å². The van der Waals surface area contributed by atoms with E-state index in [9.17, 15) is 0 Å². The van der Waals surface area contributed by atoms with Crippen molar-refractivity contribution in [3.05, 3.63) is 107 Å². The van der Waals surface area contributed by atoms with E-state index in [1.807, 2.05) is 23.9 Å². The van der Waals surface area contributed by atoms with Gasteiger partial charge in [0.25, 0.3) is 0 Å². The molecule has 1 aliphatic heterocycles. The minimum Gasteiger partial charge on any atom is -0.378 e. The molecule has 2 aliphatic rings. The van der Waals surface area contributed by atoms with E-state index < -0.39 is 0 Å². The maximum atomic E-state index is 6.54. The average Bonchev–Trinajstić information content (AvgIpc) is 3.23. The van der Waals surface area contributed by atoms with Crippen LogP contribution in [0.2, 0.25) is 5.02 Å². The van der Waals surface area contributed by atoms with E-state index in [0.717, 1.165) is 17.2 Å². The topological polar surface area (TPSA) is 12.0 Å². The summed E-state index contributed by atoms with van der Waals surface area (Å²) >= 11 is 8.43. The molecule has 3 aromatic carbocycles. The van der Waals surface area contributed by atoms with Crippen LogP contribution in [0.4, 0.5) is 5.69 Å². The third-order valence-corrected chi connectivity index (χ3v) is 7.24. The molecule has 3 atom stereocenters. The van der Waals surface area contributed by atoms with Crippen LogP contribution in [0.25, 0.3) is 0 Å². The van der Waals surface area contributed by atoms with Gasteiger partial charge in [-0.2, -0.15) is 0 Å². The molecule has 1 aliphatic carbocycles. The summed E-state index contributed by atoms with van der Waals surface area (Å²) in [6.45, 7) is 0. The molecule has 0 radical (unpaired) electrons. The minimum absolute atomic E-state index is 0.255. The number of hydrogen-bond acceptors (Lipinski definition) is 2. The first-order valence-electron chi connectivity index (χ1n) is 9.78. The van der Waals surface area contributed by atoms with Crippen molar-refractivity contribution in [3.8, 4) is 0 Å². The quantitative estimate of drug-likeness (QED) is 0.358. The number of benzene rings is 3. The van der Waals surface area contributed by atoms with Gasteiger partial charge in [0.15, 0.2) is 0 Å². The Morgan fingerprint density at radius 2 is 1.75 bits per heavy atom. The zero-order chi connectivity index (χ0) is 18.9. The summed E-state index contributed by atoms with van der Waals surface area (Å²) in [5.74, 6) is 1.97. The van der Waals surface area contributed by atoms with Crippen molar-refractivity contribution < 1.29 is 0 Å². The van der Waals surface area contributed by atoms with Gasteiger partial charge in [0, 0.05) is 27.3 Å². The monoisotopic (exact) mass is 403 g/mol. The molecule has 0 bridgehead atoms. The third-order valence-electron chi connectivity index (χ3n) is 5.82. The van der Waals surface area contributed by atoms with Gasteiger partial charge >= 0.3 is 0 Å². The normalized spacial score (nSPS) is 22.4. The fraction of sp³-hybridized carbons (Fsp3) is 0.200. The summed E-state index contributed by atoms with van der Waals surface area (Å²) < 4.78 is 0. The smallest absolute Gasteiger partial charge is 0.0568 e. The zero-order valence-corrected chi connectivity index (χ0v) is 17.1. The Morgan fingerprint density at radius 3 is 2.61 bits per heavy atom. The molecule has 5 rings (SSSR count). The van der Waals surface area contributed by atoms with Crippen LogP contribution in [0.3, 0.4) is 0 Å². The highest BCUT2D eigenvalue weighted by molar-refractivity contribution is 7.98. The number of thioether (sulfide) groups is 1. The molecule has 0 saturated carbocycles. The second kappa shape index (κ2) is 7.69. The predicted octanol–water partition coefficient (Wildman–Crippen LogP) is 7.46. The van der Waals surface area contributed by atoms with Crippen molar-refractivity contribution in [2.24, 2.45) is 5.92 Å². The molecule has 0 aromatic heterocycles. The molecular formula is C25H22ClNS. The van der Waals surface area contributed by atoms with Crippen molar-refractivity contribution in [2.45, 2.75) is 29.0 Å². The van der Waals surface area contributed by atoms with Gasteiger partial charge in [-0.15, -0.1) is 11.8 Å². The molecular weight excluding hydrogens is 382 g/mol. The molecule has 1 heterocycles. The van der Waals surface area contributed by atoms with Crippen LogP contribution in [0, 0.1) is 5.92 Å². The van der Waals surface area contributed by atoms with Gasteiger partial charge in [-0.25, -0.2) is 0 Å². The number of hydrogen-bond donors (Lipinski definition) is 1. The SMILES string of the molecule is Clc1ccccc1[C@@H]1Nc2ccc(CSc3ccccc3)cc2[C@H]2C=CC[C@@H]21. The Hall–Kier alpha value is -2.16. The maximum Gasteiger partial charge on any atom is 0.0568 e. The van der Waals surface area contributed by atoms with Crippen LogP contribution < -0.4 is 5.32 Å². The first-order valence-corrected chi connectivity index (χ1v) is 11.1. The summed E-state index contributed by atoms with van der Waals surface area (Å²) in [7, 11) is 0. The first-order chi connectivity index (χ1) is 13.8. The summed E-state index contributed by atoms with van der Waals surface area (Å²) in [6.07, 6.45) is 5.82. The minimum atomic E-state index is 0.255. The molecule has 0 amide bonds. The second-order valence-electron chi connectivity index (χ2n) is 7.52. The largest absolute Gasteiger partial charge is 0.378 e. The molecule has 0 unspecified atom stereocenters. The van der Waals surface area contributed by atoms with E-state index in [0.29, 0.717) is 11.8 Å². The van der Waals surface area contributed by atoms with E-state index in [1.54, 1.807) is 0 Å². The lowest BCUT2D eigenvalue weighted by Crippen LogP contribution is -2.29. The number of nitrogens with one attached hydrogen (secondary N) is 1. The molecule has 1 N–H and O–H groups in total. The van der Waals surface area contributed by atoms with Crippen LogP contribution >= 0.6 is 23.4 Å². The highest BCUT2D eigenvalue weighted by Crippen LogP contribution is 2.51. The van der Waals surface area contributed by atoms with Gasteiger partial charge in [0.1, 0.15) is 0 Å². The van der Waals surface area contributed by atoms with Gasteiger partial charge in [0.2, 0.25) is 0 Å². The molecule has 0 spiro atoms. The summed E-state index contributed by atoms with van der Waals surface area (Å²) in [5, 5.41) is 4.65. The van der Waals surface area contributed by atoms with E-state index in [4.69, 9.17) is 11.6 Å². The lowest BCUT2D eigenvalue weighted by Gasteiger charge is -2.38. The highest BCUT2D eigenvalue weighted by Gasteiger charge is 2.38. The predicted molar refractivity (Wildman–Crippen MR) is 120 cm³/mol. The van der Waals surface area contributed by atoms with E-state index in [2.05, 4.69) is 78.1 Å². The van der Waals surface area contributed by atoms with Gasteiger partial charge in [-0.05, 0) is 53.3 Å². The Labute approximate surface area is 175 Å². The number of anilines is 1. The Balaban J connectivity index is 1.43. The summed E-state index contributed by atoms with van der Waals surface area (Å²) in [6, 6.07) is 26.0. The number of halogens is 1. The number of allylic oxidation sites excluding steroid dienone is 2. The van der Waals surface area contributed by atoms with E-state index in [1.165, 1.54) is 27.3 Å². The van der Waals surface area contributed by atoms with Gasteiger partial charge in [-0.1, -0.05) is 72.3 Å². The Kier molecular flexibility index (Phi) is 4.92. The fourth-order valence-electron chi connectivity index (χ4n) is 4.45. The molecule has 3 heteroatoms. The lowest BCUT2D eigenvalue weighted by atomic mass is 9.76. The van der Waals surface area contributed by atoms with Crippen LogP contribution in [0.15, 0.2) is 89.8 Å². The lowest BCUT2D eigenvalue weighted by molar-refractivity contribution is 0.425. The van der Waals surface area contributed by atoms with Crippen molar-refractivity contribution >= 4 is 29.1 Å². The number of fused-ring (bicyclic) bond motifs is 3. The van der Waals surface area contributed by atoms with Crippen LogP contribution in [0.1, 0.15) is 35.1 Å². The van der Waals surface area contributed by atoms with E-state index >= 15 is 0 Å². The number of rotatable bonds is 4. The van der Waals surface area contributed by atoms with Gasteiger partial charge in [0.05, 0.1) is 6.04 Å². The fourth-order valence-corrected chi connectivity index (χ4v) is 5.57. The molecule has 140 valence electrons. The first kappa shape index (κ1) is 17.9. The van der Waals surface area contributed by atoms with Crippen LogP contribution in [0.5, 0.6) is 0 Å². The Bertz CT molecular complexity index is 1010. The Morgan fingerprint density at radius 1 is 0.929 bits per heavy atom. The van der Waals surface area contributed by atoms with Crippen LogP contribution in [-0.2, 0) is 5.75 Å². The van der Waals surface area contributed by atoms with Gasteiger partial charge in [-0.3, -0.25) is 0 Å². The van der Waals surface area contributed by atoms with Crippen molar-refractivity contribution in [2.75, 3.05) is 5.32 Å². The zero-order valence-electron chi connectivity index (χ0n) is 15.5. The van der Waals surface area contributed by atoms with Gasteiger partial charge < -0.3 is 5.32 Å².